The van der Waals surface area contributed by atoms with Crippen molar-refractivity contribution >= 4 is 31.6 Å². The van der Waals surface area contributed by atoms with Crippen molar-refractivity contribution in [2.24, 2.45) is 0 Å². The topological polar surface area (TPSA) is 73.2 Å². The van der Waals surface area contributed by atoms with Gasteiger partial charge in [-0.3, -0.25) is 4.72 Å². The molecule has 3 rings (SSSR count). The van der Waals surface area contributed by atoms with Crippen LogP contribution in [0.15, 0.2) is 59.5 Å². The number of nitrogens with one attached hydrogen (secondary N) is 1. The number of imidazole rings is 1. The Hall–Kier alpha value is -2.32. The Morgan fingerprint density at radius 2 is 1.92 bits per heavy atom. The van der Waals surface area contributed by atoms with Crippen LogP contribution in [0.2, 0.25) is 0 Å². The van der Waals surface area contributed by atoms with Crippen LogP contribution in [-0.2, 0) is 15.8 Å². The lowest BCUT2D eigenvalue weighted by Gasteiger charge is -2.13. The molecule has 6 nitrogen and oxygen atoms in total. The number of nitrogens with zero attached hydrogens (tertiary/aromatic N) is 2. The summed E-state index contributed by atoms with van der Waals surface area (Å²) in [7, 11) is -1.99. The fourth-order valence-electron chi connectivity index (χ4n) is 2.52. The van der Waals surface area contributed by atoms with Crippen LogP contribution >= 0.6 is 15.9 Å². The molecule has 0 spiro atoms. The van der Waals surface area contributed by atoms with Gasteiger partial charge in [0.2, 0.25) is 10.0 Å². The van der Waals surface area contributed by atoms with E-state index in [1.165, 1.54) is 0 Å². The zero-order valence-corrected chi connectivity index (χ0v) is 16.7. The number of aromatic nitrogens is 2. The third kappa shape index (κ3) is 4.44. The number of aryl methyl sites for hydroxylation is 1. The molecule has 0 atom stereocenters. The standard InChI is InChI=1S/C18H18BrN3O3S/c1-13-10-22(12-20-13)17-8-7-16(9-18(17)25-2)21-26(23,24)11-14-3-5-15(19)6-4-14/h3-10,12,21H,11H2,1-2H3. The number of methoxy groups -OCH3 is 1. The van der Waals surface area contributed by atoms with Crippen molar-refractivity contribution in [2.75, 3.05) is 11.8 Å². The molecule has 3 aromatic rings. The van der Waals surface area contributed by atoms with Gasteiger partial charge in [0, 0.05) is 16.7 Å². The molecular formula is C18H18BrN3O3S. The molecule has 136 valence electrons. The van der Waals surface area contributed by atoms with Crippen molar-refractivity contribution in [3.63, 3.8) is 0 Å². The Labute approximate surface area is 161 Å². The smallest absolute Gasteiger partial charge is 0.236 e. The third-order valence-electron chi connectivity index (χ3n) is 3.71. The van der Waals surface area contributed by atoms with E-state index >= 15 is 0 Å². The highest BCUT2D eigenvalue weighted by Crippen LogP contribution is 2.27. The minimum atomic E-state index is -3.54. The summed E-state index contributed by atoms with van der Waals surface area (Å²) in [5.41, 5.74) is 2.81. The van der Waals surface area contributed by atoms with Gasteiger partial charge in [0.1, 0.15) is 5.75 Å². The van der Waals surface area contributed by atoms with Crippen LogP contribution in [0.4, 0.5) is 5.69 Å². The first-order valence-electron chi connectivity index (χ1n) is 7.80. The van der Waals surface area contributed by atoms with Crippen LogP contribution in [0.1, 0.15) is 11.3 Å². The average Bonchev–Trinajstić information content (AvgIpc) is 3.02. The van der Waals surface area contributed by atoms with Gasteiger partial charge < -0.3 is 9.30 Å². The minimum absolute atomic E-state index is 0.106. The van der Waals surface area contributed by atoms with E-state index in [1.807, 2.05) is 29.8 Å². The molecule has 1 aromatic heterocycles. The van der Waals surface area contributed by atoms with Gasteiger partial charge in [0.25, 0.3) is 0 Å². The molecule has 0 aliphatic rings. The molecular weight excluding hydrogens is 418 g/mol. The molecule has 0 bridgehead atoms. The molecule has 8 heteroatoms. The van der Waals surface area contributed by atoms with Gasteiger partial charge in [-0.15, -0.1) is 0 Å². The van der Waals surface area contributed by atoms with E-state index in [9.17, 15) is 8.42 Å². The number of benzene rings is 2. The van der Waals surface area contributed by atoms with E-state index in [0.717, 1.165) is 15.9 Å². The van der Waals surface area contributed by atoms with Crippen molar-refractivity contribution in [1.82, 2.24) is 9.55 Å². The molecule has 0 radical (unpaired) electrons. The number of hydrogen-bond donors (Lipinski definition) is 1. The Kier molecular flexibility index (Phi) is 5.33. The van der Waals surface area contributed by atoms with E-state index in [-0.39, 0.29) is 5.75 Å². The van der Waals surface area contributed by atoms with E-state index in [0.29, 0.717) is 17.0 Å². The van der Waals surface area contributed by atoms with E-state index < -0.39 is 10.0 Å². The highest BCUT2D eigenvalue weighted by atomic mass is 79.9. The summed E-state index contributed by atoms with van der Waals surface area (Å²) in [4.78, 5) is 4.20. The lowest BCUT2D eigenvalue weighted by atomic mass is 10.2. The van der Waals surface area contributed by atoms with Crippen molar-refractivity contribution in [3.8, 4) is 11.4 Å². The Morgan fingerprint density at radius 3 is 2.54 bits per heavy atom. The first-order chi connectivity index (χ1) is 12.4. The largest absolute Gasteiger partial charge is 0.494 e. The molecule has 0 aliphatic heterocycles. The zero-order valence-electron chi connectivity index (χ0n) is 14.3. The van der Waals surface area contributed by atoms with Gasteiger partial charge in [0.05, 0.1) is 36.3 Å². The van der Waals surface area contributed by atoms with Crippen molar-refractivity contribution in [3.05, 3.63) is 70.7 Å². The van der Waals surface area contributed by atoms with Gasteiger partial charge in [-0.25, -0.2) is 13.4 Å². The molecule has 0 fully saturated rings. The second-order valence-corrected chi connectivity index (χ2v) is 8.43. The second-order valence-electron chi connectivity index (χ2n) is 5.80. The highest BCUT2D eigenvalue weighted by Gasteiger charge is 2.14. The molecule has 1 heterocycles. The predicted octanol–water partition coefficient (Wildman–Crippen LogP) is 3.89. The number of sulfonamides is 1. The Bertz CT molecular complexity index is 1010. The highest BCUT2D eigenvalue weighted by molar-refractivity contribution is 9.10. The fourth-order valence-corrected chi connectivity index (χ4v) is 3.98. The summed E-state index contributed by atoms with van der Waals surface area (Å²) in [6, 6.07) is 12.3. The van der Waals surface area contributed by atoms with Crippen molar-refractivity contribution < 1.29 is 13.2 Å². The molecule has 0 unspecified atom stereocenters. The third-order valence-corrected chi connectivity index (χ3v) is 5.50. The molecule has 26 heavy (non-hydrogen) atoms. The molecule has 0 aliphatic carbocycles. The summed E-state index contributed by atoms with van der Waals surface area (Å²) < 4.78 is 35.6. The monoisotopic (exact) mass is 435 g/mol. The molecule has 0 saturated heterocycles. The molecule has 1 N–H and O–H groups in total. The predicted molar refractivity (Wildman–Crippen MR) is 105 cm³/mol. The van der Waals surface area contributed by atoms with Crippen molar-refractivity contribution in [2.45, 2.75) is 12.7 Å². The summed E-state index contributed by atoms with van der Waals surface area (Å²) >= 11 is 3.34. The van der Waals surface area contributed by atoms with Crippen LogP contribution in [0.5, 0.6) is 5.75 Å². The maximum absolute atomic E-state index is 12.4. The summed E-state index contributed by atoms with van der Waals surface area (Å²) in [5.74, 6) is 0.441. The first kappa shape index (κ1) is 18.5. The SMILES string of the molecule is COc1cc(NS(=O)(=O)Cc2ccc(Br)cc2)ccc1-n1cnc(C)c1. The van der Waals surface area contributed by atoms with Crippen LogP contribution in [0.25, 0.3) is 5.69 Å². The normalized spacial score (nSPS) is 11.3. The number of halogens is 1. The fraction of sp³-hybridized carbons (Fsp3) is 0.167. The summed E-state index contributed by atoms with van der Waals surface area (Å²) in [5, 5.41) is 0. The molecule has 0 saturated carbocycles. The maximum atomic E-state index is 12.4. The van der Waals surface area contributed by atoms with Gasteiger partial charge in [-0.1, -0.05) is 28.1 Å². The van der Waals surface area contributed by atoms with E-state index in [2.05, 4.69) is 25.6 Å². The van der Waals surface area contributed by atoms with Crippen LogP contribution in [0.3, 0.4) is 0 Å². The van der Waals surface area contributed by atoms with Crippen LogP contribution in [-0.4, -0.2) is 25.1 Å². The zero-order chi connectivity index (χ0) is 18.7. The first-order valence-corrected chi connectivity index (χ1v) is 10.2. The Morgan fingerprint density at radius 1 is 1.19 bits per heavy atom. The van der Waals surface area contributed by atoms with E-state index in [1.54, 1.807) is 43.8 Å². The minimum Gasteiger partial charge on any atom is -0.494 e. The summed E-state index contributed by atoms with van der Waals surface area (Å²) in [6.07, 6.45) is 3.56. The number of anilines is 1. The number of rotatable bonds is 6. The number of ether oxygens (including phenoxy) is 1. The van der Waals surface area contributed by atoms with Crippen LogP contribution < -0.4 is 9.46 Å². The van der Waals surface area contributed by atoms with E-state index in [4.69, 9.17) is 4.74 Å². The van der Waals surface area contributed by atoms with Gasteiger partial charge >= 0.3 is 0 Å². The molecule has 2 aromatic carbocycles. The van der Waals surface area contributed by atoms with Gasteiger partial charge in [-0.05, 0) is 36.8 Å². The van der Waals surface area contributed by atoms with Gasteiger partial charge in [-0.2, -0.15) is 0 Å². The molecule has 0 amide bonds. The average molecular weight is 436 g/mol. The maximum Gasteiger partial charge on any atom is 0.236 e. The Balaban J connectivity index is 1.82. The van der Waals surface area contributed by atoms with Crippen molar-refractivity contribution in [1.29, 1.82) is 0 Å². The lowest BCUT2D eigenvalue weighted by molar-refractivity contribution is 0.413. The number of hydrogen-bond acceptors (Lipinski definition) is 4. The van der Waals surface area contributed by atoms with Crippen LogP contribution in [0, 0.1) is 6.92 Å². The lowest BCUT2D eigenvalue weighted by Crippen LogP contribution is -2.15. The summed E-state index contributed by atoms with van der Waals surface area (Å²) in [6.45, 7) is 1.90. The quantitative estimate of drug-likeness (QED) is 0.637. The second kappa shape index (κ2) is 7.51. The van der Waals surface area contributed by atoms with Gasteiger partial charge in [0.15, 0.2) is 0 Å².